The lowest BCUT2D eigenvalue weighted by molar-refractivity contribution is 0.601. The van der Waals surface area contributed by atoms with Gasteiger partial charge in [0.2, 0.25) is 0 Å². The molecule has 0 bridgehead atoms. The fraction of sp³-hybridized carbons (Fsp3) is 0. The van der Waals surface area contributed by atoms with Gasteiger partial charge in [0, 0.05) is 6.20 Å². The van der Waals surface area contributed by atoms with Crippen molar-refractivity contribution in [3.8, 4) is 5.69 Å². The molecule has 1 aromatic carbocycles. The molecule has 0 radical (unpaired) electrons. The lowest BCUT2D eigenvalue weighted by Gasteiger charge is -2.06. The van der Waals surface area contributed by atoms with E-state index in [-0.39, 0.29) is 15.7 Å². The van der Waals surface area contributed by atoms with E-state index in [9.17, 15) is 8.42 Å². The van der Waals surface area contributed by atoms with Crippen LogP contribution in [0.5, 0.6) is 0 Å². The smallest absolute Gasteiger partial charge is 0.262 e. The standard InChI is InChI=1S/C14H11ClN4O2S/c15-13-7-4-8-16-14(13)18-22(20,21)12-9-17-19(10-12)11-5-2-1-3-6-11/h1-10H,(H,16,18). The van der Waals surface area contributed by atoms with E-state index in [4.69, 9.17) is 11.6 Å². The van der Waals surface area contributed by atoms with E-state index < -0.39 is 10.0 Å². The highest BCUT2D eigenvalue weighted by atomic mass is 35.5. The third-order valence-corrected chi connectivity index (χ3v) is 4.48. The van der Waals surface area contributed by atoms with E-state index in [1.807, 2.05) is 30.3 Å². The van der Waals surface area contributed by atoms with Crippen LogP contribution in [0.15, 0.2) is 66.0 Å². The summed E-state index contributed by atoms with van der Waals surface area (Å²) >= 11 is 5.91. The predicted molar refractivity (Wildman–Crippen MR) is 83.6 cm³/mol. The number of anilines is 1. The molecule has 112 valence electrons. The Balaban J connectivity index is 1.91. The number of benzene rings is 1. The monoisotopic (exact) mass is 334 g/mol. The van der Waals surface area contributed by atoms with Gasteiger partial charge in [-0.1, -0.05) is 29.8 Å². The van der Waals surface area contributed by atoms with Gasteiger partial charge in [0.1, 0.15) is 4.90 Å². The number of aromatic nitrogens is 3. The van der Waals surface area contributed by atoms with Crippen LogP contribution in [0.4, 0.5) is 5.82 Å². The number of hydrogen-bond donors (Lipinski definition) is 1. The van der Waals surface area contributed by atoms with Crippen LogP contribution in [-0.2, 0) is 10.0 Å². The molecule has 0 aliphatic carbocycles. The maximum Gasteiger partial charge on any atom is 0.266 e. The summed E-state index contributed by atoms with van der Waals surface area (Å²) in [5.41, 5.74) is 0.764. The van der Waals surface area contributed by atoms with E-state index in [2.05, 4.69) is 14.8 Å². The molecular weight excluding hydrogens is 324 g/mol. The maximum atomic E-state index is 12.3. The summed E-state index contributed by atoms with van der Waals surface area (Å²) in [5.74, 6) is 0.0802. The van der Waals surface area contributed by atoms with Crippen LogP contribution < -0.4 is 4.72 Å². The number of nitrogens with one attached hydrogen (secondary N) is 1. The first-order chi connectivity index (χ1) is 10.6. The van der Waals surface area contributed by atoms with Crippen molar-refractivity contribution in [3.05, 3.63) is 66.1 Å². The number of halogens is 1. The SMILES string of the molecule is O=S(=O)(Nc1ncccc1Cl)c1cnn(-c2ccccc2)c1. The van der Waals surface area contributed by atoms with E-state index in [0.29, 0.717) is 0 Å². The minimum absolute atomic E-state index is 0.0260. The Bertz CT molecular complexity index is 894. The highest BCUT2D eigenvalue weighted by Crippen LogP contribution is 2.21. The lowest BCUT2D eigenvalue weighted by Crippen LogP contribution is -2.13. The van der Waals surface area contributed by atoms with Gasteiger partial charge in [0.25, 0.3) is 10.0 Å². The van der Waals surface area contributed by atoms with E-state index in [1.165, 1.54) is 23.3 Å². The zero-order chi connectivity index (χ0) is 15.6. The maximum absolute atomic E-state index is 12.3. The molecule has 0 aliphatic rings. The number of rotatable bonds is 4. The quantitative estimate of drug-likeness (QED) is 0.795. The van der Waals surface area contributed by atoms with Crippen LogP contribution in [0, 0.1) is 0 Å². The summed E-state index contributed by atoms with van der Waals surface area (Å²) in [6, 6.07) is 12.4. The number of pyridine rings is 1. The lowest BCUT2D eigenvalue weighted by atomic mass is 10.3. The summed E-state index contributed by atoms with van der Waals surface area (Å²) in [7, 11) is -3.80. The molecule has 0 fully saturated rings. The van der Waals surface area contributed by atoms with Gasteiger partial charge in [-0.25, -0.2) is 18.1 Å². The van der Waals surface area contributed by atoms with Crippen molar-refractivity contribution in [2.24, 2.45) is 0 Å². The number of sulfonamides is 1. The second-order valence-electron chi connectivity index (χ2n) is 4.40. The first-order valence-corrected chi connectivity index (χ1v) is 8.16. The summed E-state index contributed by atoms with van der Waals surface area (Å²) in [6.07, 6.45) is 4.15. The molecule has 0 saturated heterocycles. The van der Waals surface area contributed by atoms with Crippen molar-refractivity contribution in [1.29, 1.82) is 0 Å². The molecule has 0 unspecified atom stereocenters. The molecular formula is C14H11ClN4O2S. The molecule has 2 aromatic heterocycles. The van der Waals surface area contributed by atoms with Crippen molar-refractivity contribution < 1.29 is 8.42 Å². The number of nitrogens with zero attached hydrogens (tertiary/aromatic N) is 3. The van der Waals surface area contributed by atoms with E-state index in [1.54, 1.807) is 12.1 Å². The minimum atomic E-state index is -3.80. The second-order valence-corrected chi connectivity index (χ2v) is 6.49. The summed E-state index contributed by atoms with van der Waals surface area (Å²) in [6.45, 7) is 0. The van der Waals surface area contributed by atoms with Gasteiger partial charge in [0.05, 0.1) is 23.1 Å². The summed E-state index contributed by atoms with van der Waals surface area (Å²) in [4.78, 5) is 3.93. The van der Waals surface area contributed by atoms with Gasteiger partial charge in [-0.05, 0) is 24.3 Å². The normalized spacial score (nSPS) is 11.3. The van der Waals surface area contributed by atoms with Gasteiger partial charge in [-0.2, -0.15) is 5.10 Å². The van der Waals surface area contributed by atoms with Gasteiger partial charge in [-0.3, -0.25) is 4.72 Å². The van der Waals surface area contributed by atoms with Crippen LogP contribution in [0.3, 0.4) is 0 Å². The van der Waals surface area contributed by atoms with Crippen molar-refractivity contribution >= 4 is 27.4 Å². The molecule has 0 saturated carbocycles. The molecule has 6 nitrogen and oxygen atoms in total. The Kier molecular flexibility index (Phi) is 3.82. The van der Waals surface area contributed by atoms with Crippen molar-refractivity contribution in [1.82, 2.24) is 14.8 Å². The van der Waals surface area contributed by atoms with Gasteiger partial charge < -0.3 is 0 Å². The molecule has 3 rings (SSSR count). The van der Waals surface area contributed by atoms with E-state index in [0.717, 1.165) is 5.69 Å². The molecule has 0 spiro atoms. The third-order valence-electron chi connectivity index (χ3n) is 2.88. The molecule has 3 aromatic rings. The Morgan fingerprint density at radius 1 is 1.09 bits per heavy atom. The summed E-state index contributed by atoms with van der Waals surface area (Å²) in [5, 5.41) is 4.28. The molecule has 1 N–H and O–H groups in total. The van der Waals surface area contributed by atoms with Gasteiger partial charge >= 0.3 is 0 Å². The van der Waals surface area contributed by atoms with E-state index >= 15 is 0 Å². The molecule has 0 atom stereocenters. The van der Waals surface area contributed by atoms with Crippen LogP contribution in [0.1, 0.15) is 0 Å². The first kappa shape index (κ1) is 14.6. The average molecular weight is 335 g/mol. The highest BCUT2D eigenvalue weighted by Gasteiger charge is 2.18. The Morgan fingerprint density at radius 3 is 2.59 bits per heavy atom. The predicted octanol–water partition coefficient (Wildman–Crippen LogP) is 2.72. The van der Waals surface area contributed by atoms with Crippen LogP contribution >= 0.6 is 11.6 Å². The van der Waals surface area contributed by atoms with Crippen molar-refractivity contribution in [3.63, 3.8) is 0 Å². The minimum Gasteiger partial charge on any atom is -0.262 e. The molecule has 22 heavy (non-hydrogen) atoms. The topological polar surface area (TPSA) is 76.9 Å². The Hall–Kier alpha value is -2.38. The van der Waals surface area contributed by atoms with Crippen molar-refractivity contribution in [2.75, 3.05) is 4.72 Å². The molecule has 2 heterocycles. The van der Waals surface area contributed by atoms with Crippen LogP contribution in [-0.4, -0.2) is 23.2 Å². The zero-order valence-electron chi connectivity index (χ0n) is 11.2. The third kappa shape index (κ3) is 2.95. The molecule has 0 aliphatic heterocycles. The number of hydrogen-bond acceptors (Lipinski definition) is 4. The summed E-state index contributed by atoms with van der Waals surface area (Å²) < 4.78 is 28.5. The fourth-order valence-electron chi connectivity index (χ4n) is 1.81. The fourth-order valence-corrected chi connectivity index (χ4v) is 3.00. The number of para-hydroxylation sites is 1. The van der Waals surface area contributed by atoms with Gasteiger partial charge in [0.15, 0.2) is 5.82 Å². The largest absolute Gasteiger partial charge is 0.266 e. The second kappa shape index (κ2) is 5.78. The zero-order valence-corrected chi connectivity index (χ0v) is 12.8. The Morgan fingerprint density at radius 2 is 1.86 bits per heavy atom. The molecule has 0 amide bonds. The van der Waals surface area contributed by atoms with Crippen LogP contribution in [0.25, 0.3) is 5.69 Å². The van der Waals surface area contributed by atoms with Gasteiger partial charge in [-0.15, -0.1) is 0 Å². The highest BCUT2D eigenvalue weighted by molar-refractivity contribution is 7.92. The van der Waals surface area contributed by atoms with Crippen molar-refractivity contribution in [2.45, 2.75) is 4.90 Å². The Labute approximate surface area is 132 Å². The first-order valence-electron chi connectivity index (χ1n) is 6.30. The molecule has 8 heteroatoms. The van der Waals surface area contributed by atoms with Crippen LogP contribution in [0.2, 0.25) is 5.02 Å². The average Bonchev–Trinajstić information content (AvgIpc) is 3.01.